The normalized spacial score (nSPS) is 10.8. The van der Waals surface area contributed by atoms with Crippen molar-refractivity contribution in [1.82, 2.24) is 9.55 Å². The van der Waals surface area contributed by atoms with Crippen LogP contribution in [-0.2, 0) is 11.3 Å². The summed E-state index contributed by atoms with van der Waals surface area (Å²) in [7, 11) is 0. The highest BCUT2D eigenvalue weighted by atomic mass is 32.2. The SMILES string of the molecule is C=CCn1c(SCC(=O)Nc2cccc([N+](=O)[O-])c2)nc2sc(C)cc2c1=O. The highest BCUT2D eigenvalue weighted by molar-refractivity contribution is 7.99. The predicted octanol–water partition coefficient (Wildman–Crippen LogP) is 3.59. The Morgan fingerprint density at radius 1 is 1.46 bits per heavy atom. The third kappa shape index (κ3) is 4.29. The number of nitrogens with zero attached hydrogens (tertiary/aromatic N) is 3. The van der Waals surface area contributed by atoms with Crippen molar-refractivity contribution in [1.29, 1.82) is 0 Å². The van der Waals surface area contributed by atoms with Gasteiger partial charge < -0.3 is 5.32 Å². The first kappa shape index (κ1) is 19.8. The van der Waals surface area contributed by atoms with Crippen molar-refractivity contribution in [3.8, 4) is 0 Å². The van der Waals surface area contributed by atoms with E-state index < -0.39 is 4.92 Å². The average Bonchev–Trinajstić information content (AvgIpc) is 3.03. The number of thiophene rings is 1. The standard InChI is InChI=1S/C18H16N4O4S2/c1-3-7-21-17(24)14-8-11(2)28-16(14)20-18(21)27-10-15(23)19-12-5-4-6-13(9-12)22(25)26/h3-6,8-9H,1,7,10H2,2H3,(H,19,23). The minimum Gasteiger partial charge on any atom is -0.325 e. The van der Waals surface area contributed by atoms with Crippen LogP contribution in [0.1, 0.15) is 4.88 Å². The number of amides is 1. The van der Waals surface area contributed by atoms with Crippen LogP contribution in [-0.4, -0.2) is 26.1 Å². The van der Waals surface area contributed by atoms with Crippen LogP contribution in [0, 0.1) is 17.0 Å². The van der Waals surface area contributed by atoms with Gasteiger partial charge in [0.15, 0.2) is 5.16 Å². The topological polar surface area (TPSA) is 107 Å². The van der Waals surface area contributed by atoms with E-state index in [4.69, 9.17) is 0 Å². The molecule has 0 saturated carbocycles. The van der Waals surface area contributed by atoms with E-state index in [9.17, 15) is 19.7 Å². The van der Waals surface area contributed by atoms with Gasteiger partial charge in [-0.15, -0.1) is 17.9 Å². The van der Waals surface area contributed by atoms with Gasteiger partial charge in [-0.2, -0.15) is 0 Å². The molecular weight excluding hydrogens is 400 g/mol. The fourth-order valence-electron chi connectivity index (χ4n) is 2.54. The van der Waals surface area contributed by atoms with Gasteiger partial charge in [0.1, 0.15) is 4.83 Å². The Morgan fingerprint density at radius 3 is 2.96 bits per heavy atom. The number of carbonyl (C=O) groups excluding carboxylic acids is 1. The lowest BCUT2D eigenvalue weighted by Crippen LogP contribution is -2.23. The number of aromatic nitrogens is 2. The van der Waals surface area contributed by atoms with E-state index in [1.165, 1.54) is 34.1 Å². The van der Waals surface area contributed by atoms with E-state index in [1.807, 2.05) is 6.92 Å². The maximum atomic E-state index is 12.7. The first-order chi connectivity index (χ1) is 13.4. The van der Waals surface area contributed by atoms with E-state index >= 15 is 0 Å². The summed E-state index contributed by atoms with van der Waals surface area (Å²) in [5, 5.41) is 14.4. The number of nitro benzene ring substituents is 1. The summed E-state index contributed by atoms with van der Waals surface area (Å²) in [4.78, 5) is 41.4. The lowest BCUT2D eigenvalue weighted by atomic mass is 10.3. The van der Waals surface area contributed by atoms with Crippen LogP contribution in [0.3, 0.4) is 0 Å². The molecule has 0 spiro atoms. The molecule has 0 atom stereocenters. The van der Waals surface area contributed by atoms with Gasteiger partial charge in [0.25, 0.3) is 11.2 Å². The van der Waals surface area contributed by atoms with Crippen LogP contribution in [0.2, 0.25) is 0 Å². The van der Waals surface area contributed by atoms with Crippen LogP contribution in [0.25, 0.3) is 10.2 Å². The van der Waals surface area contributed by atoms with Gasteiger partial charge in [-0.3, -0.25) is 24.3 Å². The molecule has 1 N–H and O–H groups in total. The molecule has 1 aromatic carbocycles. The molecule has 0 unspecified atom stereocenters. The summed E-state index contributed by atoms with van der Waals surface area (Å²) in [5.74, 6) is -0.352. The predicted molar refractivity (Wildman–Crippen MR) is 111 cm³/mol. The number of nitro groups is 1. The second kappa shape index (κ2) is 8.36. The van der Waals surface area contributed by atoms with Gasteiger partial charge >= 0.3 is 0 Å². The van der Waals surface area contributed by atoms with E-state index in [2.05, 4.69) is 16.9 Å². The zero-order valence-electron chi connectivity index (χ0n) is 14.9. The largest absolute Gasteiger partial charge is 0.325 e. The minimum absolute atomic E-state index is 0.00212. The highest BCUT2D eigenvalue weighted by Gasteiger charge is 2.15. The van der Waals surface area contributed by atoms with E-state index in [0.29, 0.717) is 21.1 Å². The maximum absolute atomic E-state index is 12.7. The summed E-state index contributed by atoms with van der Waals surface area (Å²) in [5.41, 5.74) is 0.0573. The van der Waals surface area contributed by atoms with Crippen molar-refractivity contribution in [2.75, 3.05) is 11.1 Å². The van der Waals surface area contributed by atoms with Crippen LogP contribution in [0.15, 0.2) is 52.9 Å². The molecule has 0 saturated heterocycles. The fourth-order valence-corrected chi connectivity index (χ4v) is 4.27. The smallest absolute Gasteiger partial charge is 0.271 e. The van der Waals surface area contributed by atoms with E-state index in [-0.39, 0.29) is 29.5 Å². The number of fused-ring (bicyclic) bond motifs is 1. The number of hydrogen-bond acceptors (Lipinski definition) is 7. The Morgan fingerprint density at radius 2 is 2.25 bits per heavy atom. The summed E-state index contributed by atoms with van der Waals surface area (Å²) < 4.78 is 1.48. The number of aryl methyl sites for hydroxylation is 1. The van der Waals surface area contributed by atoms with E-state index in [1.54, 1.807) is 18.2 Å². The zero-order chi connectivity index (χ0) is 20.3. The van der Waals surface area contributed by atoms with Gasteiger partial charge in [-0.05, 0) is 19.1 Å². The zero-order valence-corrected chi connectivity index (χ0v) is 16.5. The molecule has 0 aliphatic heterocycles. The molecule has 3 aromatic rings. The van der Waals surface area contributed by atoms with Crippen LogP contribution in [0.4, 0.5) is 11.4 Å². The Balaban J connectivity index is 1.79. The van der Waals surface area contributed by atoms with Gasteiger partial charge in [-0.1, -0.05) is 23.9 Å². The molecular formula is C18H16N4O4S2. The second-order valence-corrected chi connectivity index (χ2v) is 8.00. The number of carbonyl (C=O) groups is 1. The molecule has 0 aliphatic rings. The van der Waals surface area contributed by atoms with Gasteiger partial charge in [0.2, 0.25) is 5.91 Å². The fraction of sp³-hybridized carbons (Fsp3) is 0.167. The Labute approximate surface area is 168 Å². The summed E-state index contributed by atoms with van der Waals surface area (Å²) in [6, 6.07) is 7.51. The first-order valence-electron chi connectivity index (χ1n) is 8.18. The molecule has 0 aliphatic carbocycles. The number of non-ortho nitro benzene ring substituents is 1. The number of anilines is 1. The monoisotopic (exact) mass is 416 g/mol. The number of allylic oxidation sites excluding steroid dienone is 1. The summed E-state index contributed by atoms with van der Waals surface area (Å²) >= 11 is 2.55. The minimum atomic E-state index is -0.527. The maximum Gasteiger partial charge on any atom is 0.271 e. The number of benzene rings is 1. The van der Waals surface area contributed by atoms with Crippen LogP contribution in [0.5, 0.6) is 0 Å². The molecule has 144 valence electrons. The molecule has 3 rings (SSSR count). The second-order valence-electron chi connectivity index (χ2n) is 5.82. The lowest BCUT2D eigenvalue weighted by Gasteiger charge is -2.10. The number of hydrogen-bond donors (Lipinski definition) is 1. The molecule has 10 heteroatoms. The van der Waals surface area contributed by atoms with E-state index in [0.717, 1.165) is 16.6 Å². The third-order valence-electron chi connectivity index (χ3n) is 3.72. The third-order valence-corrected chi connectivity index (χ3v) is 5.64. The number of nitrogens with one attached hydrogen (secondary N) is 1. The van der Waals surface area contributed by atoms with Crippen molar-refractivity contribution < 1.29 is 9.72 Å². The summed E-state index contributed by atoms with van der Waals surface area (Å²) in [6.07, 6.45) is 1.60. The number of thioether (sulfide) groups is 1. The molecule has 2 aromatic heterocycles. The van der Waals surface area contributed by atoms with Gasteiger partial charge in [0, 0.05) is 29.2 Å². The molecule has 8 nitrogen and oxygen atoms in total. The van der Waals surface area contributed by atoms with Crippen molar-refractivity contribution in [3.05, 3.63) is 68.3 Å². The van der Waals surface area contributed by atoms with Gasteiger partial charge in [0.05, 0.1) is 16.1 Å². The Bertz CT molecular complexity index is 1140. The van der Waals surface area contributed by atoms with Crippen LogP contribution >= 0.6 is 23.1 Å². The first-order valence-corrected chi connectivity index (χ1v) is 9.98. The van der Waals surface area contributed by atoms with Crippen molar-refractivity contribution >= 4 is 50.6 Å². The molecule has 0 radical (unpaired) electrons. The van der Waals surface area contributed by atoms with Gasteiger partial charge in [-0.25, -0.2) is 4.98 Å². The molecule has 28 heavy (non-hydrogen) atoms. The summed E-state index contributed by atoms with van der Waals surface area (Å²) in [6.45, 7) is 5.86. The quantitative estimate of drug-likeness (QED) is 0.207. The van der Waals surface area contributed by atoms with Crippen molar-refractivity contribution in [3.63, 3.8) is 0 Å². The number of rotatable bonds is 7. The molecule has 0 bridgehead atoms. The lowest BCUT2D eigenvalue weighted by molar-refractivity contribution is -0.384. The van der Waals surface area contributed by atoms with Crippen LogP contribution < -0.4 is 10.9 Å². The van der Waals surface area contributed by atoms with Crippen molar-refractivity contribution in [2.24, 2.45) is 0 Å². The molecule has 1 amide bonds. The molecule has 0 fully saturated rings. The Hall–Kier alpha value is -2.98. The van der Waals surface area contributed by atoms with Crippen molar-refractivity contribution in [2.45, 2.75) is 18.6 Å². The average molecular weight is 416 g/mol. The molecule has 2 heterocycles. The Kier molecular flexibility index (Phi) is 5.90. The highest BCUT2D eigenvalue weighted by Crippen LogP contribution is 2.24.